The fraction of sp³-hybridized carbons (Fsp3) is 0.529. The second-order valence-electron chi connectivity index (χ2n) is 5.26. The minimum absolute atomic E-state index is 0.236. The van der Waals surface area contributed by atoms with Crippen LogP contribution in [-0.2, 0) is 11.3 Å². The molecule has 1 aromatic carbocycles. The topological polar surface area (TPSA) is 21.3 Å². The van der Waals surface area contributed by atoms with Gasteiger partial charge in [0.25, 0.3) is 0 Å². The van der Waals surface area contributed by atoms with Crippen LogP contribution in [0.2, 0.25) is 0 Å². The van der Waals surface area contributed by atoms with E-state index in [1.807, 2.05) is 6.07 Å². The minimum Gasteiger partial charge on any atom is -0.386 e. The zero-order valence-corrected chi connectivity index (χ0v) is 12.6. The molecule has 0 saturated carbocycles. The maximum absolute atomic E-state index is 6.03. The fourth-order valence-electron chi connectivity index (χ4n) is 1.90. The van der Waals surface area contributed by atoms with Crippen molar-refractivity contribution >= 4 is 0 Å². The zero-order chi connectivity index (χ0) is 14.1. The summed E-state index contributed by atoms with van der Waals surface area (Å²) in [5, 5.41) is 3.44. The summed E-state index contributed by atoms with van der Waals surface area (Å²) in [6.45, 7) is 10.2. The summed E-state index contributed by atoms with van der Waals surface area (Å²) in [7, 11) is 0. The number of benzene rings is 1. The summed E-state index contributed by atoms with van der Waals surface area (Å²) in [5.41, 5.74) is 2.46. The molecule has 19 heavy (non-hydrogen) atoms. The van der Waals surface area contributed by atoms with Gasteiger partial charge in [-0.05, 0) is 24.8 Å². The number of nitrogens with one attached hydrogen (secondary N) is 1. The third kappa shape index (κ3) is 6.44. The van der Waals surface area contributed by atoms with E-state index >= 15 is 0 Å². The lowest BCUT2D eigenvalue weighted by Crippen LogP contribution is -2.32. The Morgan fingerprint density at radius 3 is 2.53 bits per heavy atom. The molecule has 0 aromatic heterocycles. The molecule has 0 bridgehead atoms. The summed E-state index contributed by atoms with van der Waals surface area (Å²) in [4.78, 5) is 0. The Balaban J connectivity index is 2.43. The van der Waals surface area contributed by atoms with Gasteiger partial charge in [-0.3, -0.25) is 0 Å². The lowest BCUT2D eigenvalue weighted by atomic mass is 10.1. The number of rotatable bonds is 8. The van der Waals surface area contributed by atoms with E-state index in [0.29, 0.717) is 12.5 Å². The van der Waals surface area contributed by atoms with Crippen molar-refractivity contribution in [1.82, 2.24) is 5.32 Å². The Hall–Kier alpha value is -1.28. The normalized spacial score (nSPS) is 13.6. The molecule has 0 aliphatic rings. The van der Waals surface area contributed by atoms with Gasteiger partial charge in [0.05, 0.1) is 12.7 Å². The van der Waals surface area contributed by atoms with E-state index in [2.05, 4.69) is 63.4 Å². The molecule has 0 radical (unpaired) electrons. The Morgan fingerprint density at radius 2 is 1.95 bits per heavy atom. The molecule has 106 valence electrons. The Bertz CT molecular complexity index is 370. The first-order chi connectivity index (χ1) is 9.13. The van der Waals surface area contributed by atoms with E-state index in [1.54, 1.807) is 0 Å². The highest BCUT2D eigenvalue weighted by atomic mass is 16.5. The van der Waals surface area contributed by atoms with E-state index in [0.717, 1.165) is 13.0 Å². The molecule has 0 amide bonds. The molecule has 2 heteroatoms. The van der Waals surface area contributed by atoms with Crippen molar-refractivity contribution in [3.8, 4) is 0 Å². The third-order valence-electron chi connectivity index (χ3n) is 3.14. The van der Waals surface area contributed by atoms with E-state index in [1.165, 1.54) is 11.3 Å². The molecule has 1 atom stereocenters. The van der Waals surface area contributed by atoms with Crippen molar-refractivity contribution in [2.75, 3.05) is 6.54 Å². The fourth-order valence-corrected chi connectivity index (χ4v) is 1.90. The predicted octanol–water partition coefficient (Wildman–Crippen LogP) is 4.13. The molecule has 0 spiro atoms. The second-order valence-corrected chi connectivity index (χ2v) is 5.26. The van der Waals surface area contributed by atoms with Crippen LogP contribution in [0.15, 0.2) is 42.1 Å². The number of hydrogen-bond acceptors (Lipinski definition) is 2. The Kier molecular flexibility index (Phi) is 7.27. The van der Waals surface area contributed by atoms with Gasteiger partial charge in [-0.15, -0.1) is 0 Å². The molecule has 0 fully saturated rings. The maximum atomic E-state index is 6.03. The van der Waals surface area contributed by atoms with Gasteiger partial charge in [-0.1, -0.05) is 57.2 Å². The zero-order valence-electron chi connectivity index (χ0n) is 12.6. The van der Waals surface area contributed by atoms with Crippen LogP contribution in [0.25, 0.3) is 0 Å². The molecule has 1 rings (SSSR count). The first kappa shape index (κ1) is 15.8. The molecule has 1 unspecified atom stereocenters. The smallest absolute Gasteiger partial charge is 0.0774 e. The van der Waals surface area contributed by atoms with Crippen molar-refractivity contribution in [1.29, 1.82) is 0 Å². The lowest BCUT2D eigenvalue weighted by molar-refractivity contribution is 0.0128. The van der Waals surface area contributed by atoms with E-state index in [4.69, 9.17) is 4.74 Å². The molecule has 0 saturated heterocycles. The molecule has 1 N–H and O–H groups in total. The van der Waals surface area contributed by atoms with Crippen LogP contribution in [0, 0.1) is 5.92 Å². The van der Waals surface area contributed by atoms with Crippen LogP contribution in [0.4, 0.5) is 0 Å². The highest BCUT2D eigenvalue weighted by Gasteiger charge is 2.13. The summed E-state index contributed by atoms with van der Waals surface area (Å²) in [6.07, 6.45) is 3.50. The van der Waals surface area contributed by atoms with Crippen LogP contribution in [-0.4, -0.2) is 12.6 Å². The largest absolute Gasteiger partial charge is 0.386 e. The van der Waals surface area contributed by atoms with Crippen LogP contribution in [0.3, 0.4) is 0 Å². The first-order valence-corrected chi connectivity index (χ1v) is 7.19. The molecule has 0 heterocycles. The summed E-state index contributed by atoms with van der Waals surface area (Å²) in [5.74, 6) is 0.505. The summed E-state index contributed by atoms with van der Waals surface area (Å²) in [6, 6.07) is 10.3. The second kappa shape index (κ2) is 8.76. The van der Waals surface area contributed by atoms with Crippen molar-refractivity contribution < 1.29 is 4.74 Å². The highest BCUT2D eigenvalue weighted by molar-refractivity contribution is 5.13. The molecule has 0 aliphatic heterocycles. The molecule has 1 aromatic rings. The average Bonchev–Trinajstić information content (AvgIpc) is 2.39. The van der Waals surface area contributed by atoms with Gasteiger partial charge in [0, 0.05) is 12.2 Å². The van der Waals surface area contributed by atoms with Crippen molar-refractivity contribution in [2.24, 2.45) is 5.92 Å². The van der Waals surface area contributed by atoms with Crippen LogP contribution in [0.5, 0.6) is 0 Å². The standard InChI is InChI=1S/C17H27NO/c1-5-9-15(4)18-12-17(14(2)3)19-13-16-10-7-6-8-11-16/h6-11,14,17-18H,5,12-13H2,1-4H3/b15-9+. The lowest BCUT2D eigenvalue weighted by Gasteiger charge is -2.23. The Labute approximate surface area is 117 Å². The number of allylic oxidation sites excluding steroid dienone is 2. The van der Waals surface area contributed by atoms with Gasteiger partial charge >= 0.3 is 0 Å². The molecular weight excluding hydrogens is 234 g/mol. The molecular formula is C17H27NO. The monoisotopic (exact) mass is 261 g/mol. The first-order valence-electron chi connectivity index (χ1n) is 7.19. The van der Waals surface area contributed by atoms with Gasteiger partial charge in [0.2, 0.25) is 0 Å². The van der Waals surface area contributed by atoms with E-state index in [9.17, 15) is 0 Å². The summed E-state index contributed by atoms with van der Waals surface area (Å²) >= 11 is 0. The van der Waals surface area contributed by atoms with Crippen LogP contribution >= 0.6 is 0 Å². The van der Waals surface area contributed by atoms with Gasteiger partial charge in [-0.2, -0.15) is 0 Å². The maximum Gasteiger partial charge on any atom is 0.0774 e. The van der Waals surface area contributed by atoms with Crippen molar-refractivity contribution in [2.45, 2.75) is 46.8 Å². The number of hydrogen-bond donors (Lipinski definition) is 1. The number of ether oxygens (including phenoxy) is 1. The summed E-state index contributed by atoms with van der Waals surface area (Å²) < 4.78 is 6.03. The van der Waals surface area contributed by atoms with Crippen LogP contribution < -0.4 is 5.32 Å². The minimum atomic E-state index is 0.236. The SMILES string of the molecule is CC/C=C(\C)NCC(OCc1ccccc1)C(C)C. The predicted molar refractivity (Wildman–Crippen MR) is 81.9 cm³/mol. The average molecular weight is 261 g/mol. The van der Waals surface area contributed by atoms with E-state index in [-0.39, 0.29) is 6.10 Å². The van der Waals surface area contributed by atoms with Gasteiger partial charge < -0.3 is 10.1 Å². The Morgan fingerprint density at radius 1 is 1.26 bits per heavy atom. The van der Waals surface area contributed by atoms with Gasteiger partial charge in [0.15, 0.2) is 0 Å². The van der Waals surface area contributed by atoms with Gasteiger partial charge in [0.1, 0.15) is 0 Å². The van der Waals surface area contributed by atoms with Crippen molar-refractivity contribution in [3.05, 3.63) is 47.7 Å². The highest BCUT2D eigenvalue weighted by Crippen LogP contribution is 2.10. The van der Waals surface area contributed by atoms with Crippen molar-refractivity contribution in [3.63, 3.8) is 0 Å². The third-order valence-corrected chi connectivity index (χ3v) is 3.14. The quantitative estimate of drug-likeness (QED) is 0.759. The molecule has 0 aliphatic carbocycles. The molecule has 2 nitrogen and oxygen atoms in total. The van der Waals surface area contributed by atoms with Gasteiger partial charge in [-0.25, -0.2) is 0 Å². The van der Waals surface area contributed by atoms with E-state index < -0.39 is 0 Å². The van der Waals surface area contributed by atoms with Crippen LogP contribution in [0.1, 0.15) is 39.7 Å².